The Bertz CT molecular complexity index is 896. The summed E-state index contributed by atoms with van der Waals surface area (Å²) in [6.45, 7) is 2.10. The Hall–Kier alpha value is -2.39. The Balaban J connectivity index is 1.68. The minimum absolute atomic E-state index is 0.220. The molecule has 6 nitrogen and oxygen atoms in total. The van der Waals surface area contributed by atoms with Gasteiger partial charge in [-0.05, 0) is 49.9 Å². The van der Waals surface area contributed by atoms with Crippen LogP contribution >= 0.6 is 0 Å². The number of benzene rings is 1. The molecule has 3 N–H and O–H groups in total. The number of aliphatic hydroxyl groups excluding tert-OH is 2. The molecule has 1 aromatic heterocycles. The van der Waals surface area contributed by atoms with Crippen LogP contribution in [0.3, 0.4) is 0 Å². The highest BCUT2D eigenvalue weighted by Gasteiger charge is 2.40. The fraction of sp³-hybridized carbons (Fsp3) is 0.474. The van der Waals surface area contributed by atoms with Crippen molar-refractivity contribution in [3.8, 4) is 17.0 Å². The summed E-state index contributed by atoms with van der Waals surface area (Å²) >= 11 is 0. The van der Waals surface area contributed by atoms with Crippen molar-refractivity contribution in [3.05, 3.63) is 34.9 Å². The third-order valence-electron chi connectivity index (χ3n) is 5.59. The molecule has 1 saturated carbocycles. The molecule has 1 aliphatic carbocycles. The number of phenolic OH excluding ortho intramolecular Hbond substituents is 1. The number of anilines is 1. The Morgan fingerprint density at radius 1 is 1.11 bits per heavy atom. The molecule has 1 aliphatic heterocycles. The van der Waals surface area contributed by atoms with Gasteiger partial charge >= 0.3 is 6.18 Å². The zero-order valence-corrected chi connectivity index (χ0v) is 15.1. The monoisotopic (exact) mass is 395 g/mol. The van der Waals surface area contributed by atoms with E-state index in [9.17, 15) is 28.5 Å². The maximum atomic E-state index is 12.9. The van der Waals surface area contributed by atoms with Crippen LogP contribution in [-0.4, -0.2) is 50.3 Å². The number of hydrogen-bond donors (Lipinski definition) is 3. The molecule has 1 fully saturated rings. The molecule has 150 valence electrons. The van der Waals surface area contributed by atoms with Crippen LogP contribution in [0.1, 0.15) is 29.5 Å². The summed E-state index contributed by atoms with van der Waals surface area (Å²) in [5.41, 5.74) is 0.706. The molecular weight excluding hydrogens is 375 g/mol. The van der Waals surface area contributed by atoms with E-state index >= 15 is 0 Å². The molecule has 0 amide bonds. The molecule has 0 saturated heterocycles. The van der Waals surface area contributed by atoms with Crippen LogP contribution in [0.5, 0.6) is 5.75 Å². The van der Waals surface area contributed by atoms with E-state index in [0.29, 0.717) is 43.4 Å². The number of fused-ring (bicyclic) bond motifs is 1. The first-order valence-corrected chi connectivity index (χ1v) is 9.07. The van der Waals surface area contributed by atoms with E-state index in [2.05, 4.69) is 10.2 Å². The summed E-state index contributed by atoms with van der Waals surface area (Å²) in [5, 5.41) is 38.5. The molecule has 0 bridgehead atoms. The van der Waals surface area contributed by atoms with Gasteiger partial charge in [0.05, 0.1) is 23.4 Å². The largest absolute Gasteiger partial charge is 0.507 e. The number of halogens is 3. The number of alkyl halides is 3. The summed E-state index contributed by atoms with van der Waals surface area (Å²) in [4.78, 5) is 1.92. The third kappa shape index (κ3) is 3.08. The fourth-order valence-corrected chi connectivity index (χ4v) is 4.19. The van der Waals surface area contributed by atoms with Crippen molar-refractivity contribution in [2.45, 2.75) is 50.6 Å². The van der Waals surface area contributed by atoms with Gasteiger partial charge in [0.25, 0.3) is 0 Å². The van der Waals surface area contributed by atoms with Gasteiger partial charge in [-0.15, -0.1) is 10.2 Å². The predicted molar refractivity (Wildman–Crippen MR) is 95.0 cm³/mol. The van der Waals surface area contributed by atoms with Crippen molar-refractivity contribution >= 4 is 5.82 Å². The van der Waals surface area contributed by atoms with Gasteiger partial charge in [-0.1, -0.05) is 0 Å². The lowest BCUT2D eigenvalue weighted by Crippen LogP contribution is -2.43. The van der Waals surface area contributed by atoms with Gasteiger partial charge in [-0.2, -0.15) is 13.2 Å². The Labute approximate surface area is 159 Å². The van der Waals surface area contributed by atoms with Crippen molar-refractivity contribution in [3.63, 3.8) is 0 Å². The smallest absolute Gasteiger partial charge is 0.416 e. The van der Waals surface area contributed by atoms with Crippen LogP contribution in [0.4, 0.5) is 19.0 Å². The fourth-order valence-electron chi connectivity index (χ4n) is 4.19. The lowest BCUT2D eigenvalue weighted by Gasteiger charge is -2.28. The molecular formula is C19H20F3N3O3. The molecule has 1 aromatic carbocycles. The Morgan fingerprint density at radius 2 is 1.86 bits per heavy atom. The molecule has 3 atom stereocenters. The summed E-state index contributed by atoms with van der Waals surface area (Å²) < 4.78 is 38.8. The molecule has 0 unspecified atom stereocenters. The maximum Gasteiger partial charge on any atom is 0.416 e. The predicted octanol–water partition coefficient (Wildman–Crippen LogP) is 2.42. The molecule has 9 heteroatoms. The highest BCUT2D eigenvalue weighted by molar-refractivity contribution is 5.73. The number of aliphatic hydroxyl groups is 2. The van der Waals surface area contributed by atoms with Gasteiger partial charge in [-0.25, -0.2) is 0 Å². The van der Waals surface area contributed by atoms with Gasteiger partial charge in [0.2, 0.25) is 0 Å². The average Bonchev–Trinajstić information content (AvgIpc) is 3.17. The van der Waals surface area contributed by atoms with Gasteiger partial charge in [0.15, 0.2) is 5.82 Å². The lowest BCUT2D eigenvalue weighted by atomic mass is 9.99. The van der Waals surface area contributed by atoms with Crippen molar-refractivity contribution in [2.75, 3.05) is 11.4 Å². The van der Waals surface area contributed by atoms with E-state index < -0.39 is 29.7 Å². The first-order chi connectivity index (χ1) is 13.2. The van der Waals surface area contributed by atoms with E-state index in [1.54, 1.807) is 6.07 Å². The second kappa shape index (κ2) is 6.59. The third-order valence-corrected chi connectivity index (χ3v) is 5.59. The van der Waals surface area contributed by atoms with Crippen LogP contribution < -0.4 is 4.90 Å². The first kappa shape index (κ1) is 18.9. The number of aromatic nitrogens is 2. The van der Waals surface area contributed by atoms with E-state index in [1.165, 1.54) is 6.92 Å². The summed E-state index contributed by atoms with van der Waals surface area (Å²) in [6.07, 6.45) is -4.36. The second-order valence-electron chi connectivity index (χ2n) is 7.41. The molecule has 28 heavy (non-hydrogen) atoms. The first-order valence-electron chi connectivity index (χ1n) is 9.07. The van der Waals surface area contributed by atoms with Gasteiger partial charge in [0, 0.05) is 17.7 Å². The average molecular weight is 395 g/mol. The zero-order valence-electron chi connectivity index (χ0n) is 15.1. The number of aromatic hydroxyl groups is 1. The SMILES string of the molecule is Cc1cc(C(F)(F)F)cc(O)c1-c1cc2c(nn1)N([C@H]1CC[C@H](O)[C@@H]1O)CC2. The maximum absolute atomic E-state index is 12.9. The van der Waals surface area contributed by atoms with Crippen molar-refractivity contribution in [2.24, 2.45) is 0 Å². The number of nitrogens with zero attached hydrogens (tertiary/aromatic N) is 3. The second-order valence-corrected chi connectivity index (χ2v) is 7.41. The minimum Gasteiger partial charge on any atom is -0.507 e. The van der Waals surface area contributed by atoms with Crippen LogP contribution in [0.2, 0.25) is 0 Å². The van der Waals surface area contributed by atoms with Crippen molar-refractivity contribution in [1.82, 2.24) is 10.2 Å². The Kier molecular flexibility index (Phi) is 4.46. The minimum atomic E-state index is -4.54. The highest BCUT2D eigenvalue weighted by Crippen LogP contribution is 2.40. The van der Waals surface area contributed by atoms with Crippen molar-refractivity contribution < 1.29 is 28.5 Å². The standard InChI is InChI=1S/C19H20F3N3O3/c1-9-6-11(19(20,21)22)8-15(27)16(9)12-7-10-4-5-25(18(10)24-23-12)13-2-3-14(26)17(13)28/h6-8,13-14,17,26-28H,2-5H2,1H3/t13-,14-,17+/m0/s1. The van der Waals surface area contributed by atoms with E-state index in [-0.39, 0.29) is 17.2 Å². The van der Waals surface area contributed by atoms with E-state index in [4.69, 9.17) is 0 Å². The number of hydrogen-bond acceptors (Lipinski definition) is 6. The quantitative estimate of drug-likeness (QED) is 0.724. The van der Waals surface area contributed by atoms with Crippen LogP contribution in [0, 0.1) is 6.92 Å². The topological polar surface area (TPSA) is 89.7 Å². The van der Waals surface area contributed by atoms with Gasteiger partial charge < -0.3 is 20.2 Å². The number of rotatable bonds is 2. The molecule has 0 spiro atoms. The van der Waals surface area contributed by atoms with Crippen molar-refractivity contribution in [1.29, 1.82) is 0 Å². The summed E-state index contributed by atoms with van der Waals surface area (Å²) in [6, 6.07) is 3.15. The summed E-state index contributed by atoms with van der Waals surface area (Å²) in [7, 11) is 0. The summed E-state index contributed by atoms with van der Waals surface area (Å²) in [5.74, 6) is 0.108. The normalized spacial score (nSPS) is 24.6. The molecule has 2 aromatic rings. The van der Waals surface area contributed by atoms with E-state index in [0.717, 1.165) is 11.6 Å². The van der Waals surface area contributed by atoms with Crippen LogP contribution in [0.25, 0.3) is 11.3 Å². The van der Waals surface area contributed by atoms with Gasteiger partial charge in [-0.3, -0.25) is 0 Å². The number of aryl methyl sites for hydroxylation is 1. The Morgan fingerprint density at radius 3 is 2.46 bits per heavy atom. The molecule has 2 heterocycles. The molecule has 2 aliphatic rings. The van der Waals surface area contributed by atoms with Crippen LogP contribution in [-0.2, 0) is 12.6 Å². The van der Waals surface area contributed by atoms with Gasteiger partial charge in [0.1, 0.15) is 11.9 Å². The molecule has 4 rings (SSSR count). The molecule has 0 radical (unpaired) electrons. The lowest BCUT2D eigenvalue weighted by molar-refractivity contribution is -0.137. The highest BCUT2D eigenvalue weighted by atomic mass is 19.4. The zero-order chi connectivity index (χ0) is 20.2. The van der Waals surface area contributed by atoms with E-state index in [1.807, 2.05) is 4.90 Å². The number of phenols is 1. The van der Waals surface area contributed by atoms with Crippen LogP contribution in [0.15, 0.2) is 18.2 Å².